The van der Waals surface area contributed by atoms with E-state index in [9.17, 15) is 19.2 Å². The molecule has 3 N–H and O–H groups in total. The number of carbonyl (C=O) groups excluding carboxylic acids is 1. The Bertz CT molecular complexity index is 1380. The number of anilines is 3. The van der Waals surface area contributed by atoms with E-state index in [2.05, 4.69) is 10.6 Å². The number of nitrogens with one attached hydrogen (secondary N) is 2. The number of halogens is 1. The van der Waals surface area contributed by atoms with E-state index in [-0.39, 0.29) is 34.6 Å². The van der Waals surface area contributed by atoms with Gasteiger partial charge in [0.1, 0.15) is 29.4 Å². The first kappa shape index (κ1) is 23.6. The molecule has 1 aliphatic heterocycles. The summed E-state index contributed by atoms with van der Waals surface area (Å²) in [7, 11) is 0. The summed E-state index contributed by atoms with van der Waals surface area (Å²) < 4.78 is 5.77. The first-order valence-electron chi connectivity index (χ1n) is 10.6. The highest BCUT2D eigenvalue weighted by Gasteiger charge is 2.36. The molecule has 1 aliphatic rings. The summed E-state index contributed by atoms with van der Waals surface area (Å²) in [5, 5.41) is 15.5. The van der Waals surface area contributed by atoms with Crippen LogP contribution >= 0.6 is 11.6 Å². The highest BCUT2D eigenvalue weighted by molar-refractivity contribution is 6.32. The van der Waals surface area contributed by atoms with Crippen molar-refractivity contribution in [3.05, 3.63) is 72.4 Å². The van der Waals surface area contributed by atoms with Gasteiger partial charge in [0.05, 0.1) is 17.3 Å². The number of aryl methyl sites for hydroxylation is 1. The Morgan fingerprint density at radius 2 is 1.82 bits per heavy atom. The molecule has 0 fully saturated rings. The van der Waals surface area contributed by atoms with Crippen molar-refractivity contribution in [2.75, 3.05) is 17.2 Å². The molecule has 10 heteroatoms. The fourth-order valence-corrected chi connectivity index (χ4v) is 4.31. The summed E-state index contributed by atoms with van der Waals surface area (Å²) in [6, 6.07) is 6.32. The van der Waals surface area contributed by atoms with Gasteiger partial charge >= 0.3 is 5.97 Å². The number of benzene rings is 1. The van der Waals surface area contributed by atoms with Crippen LogP contribution in [0.5, 0.6) is 0 Å². The molecule has 0 unspecified atom stereocenters. The van der Waals surface area contributed by atoms with Crippen LogP contribution < -0.4 is 21.5 Å². The molecule has 9 nitrogen and oxygen atoms in total. The Labute approximate surface area is 200 Å². The summed E-state index contributed by atoms with van der Waals surface area (Å²) >= 11 is 6.25. The van der Waals surface area contributed by atoms with Crippen LogP contribution in [-0.4, -0.2) is 28.4 Å². The average molecular weight is 486 g/mol. The summed E-state index contributed by atoms with van der Waals surface area (Å²) in [4.78, 5) is 50.1. The fourth-order valence-electron chi connectivity index (χ4n) is 4.09. The Morgan fingerprint density at radius 3 is 2.41 bits per heavy atom. The maximum atomic E-state index is 12.9. The molecule has 0 saturated heterocycles. The number of furan rings is 1. The van der Waals surface area contributed by atoms with Crippen molar-refractivity contribution in [1.29, 1.82) is 0 Å². The Hall–Kier alpha value is -3.59. The van der Waals surface area contributed by atoms with Gasteiger partial charge in [-0.1, -0.05) is 32.4 Å². The Balaban J connectivity index is 1.69. The van der Waals surface area contributed by atoms with E-state index in [0.29, 0.717) is 16.3 Å². The lowest BCUT2D eigenvalue weighted by Gasteiger charge is -2.31. The molecule has 3 aromatic rings. The van der Waals surface area contributed by atoms with Crippen LogP contribution in [0.3, 0.4) is 0 Å². The predicted molar refractivity (Wildman–Crippen MR) is 128 cm³/mol. The summed E-state index contributed by atoms with van der Waals surface area (Å²) in [5.41, 5.74) is -0.727. The zero-order valence-corrected chi connectivity index (χ0v) is 19.9. The van der Waals surface area contributed by atoms with Gasteiger partial charge in [-0.2, -0.15) is 0 Å². The predicted octanol–water partition coefficient (Wildman–Crippen LogP) is 3.82. The number of aliphatic carboxylic acids is 1. The average Bonchev–Trinajstić information content (AvgIpc) is 3.31. The van der Waals surface area contributed by atoms with Crippen molar-refractivity contribution < 1.29 is 19.1 Å². The molecule has 0 spiro atoms. The van der Waals surface area contributed by atoms with Gasteiger partial charge in [-0.05, 0) is 36.6 Å². The molecule has 0 saturated carbocycles. The molecule has 0 aliphatic carbocycles. The van der Waals surface area contributed by atoms with Gasteiger partial charge in [-0.15, -0.1) is 0 Å². The van der Waals surface area contributed by atoms with Gasteiger partial charge in [0.25, 0.3) is 16.8 Å². The van der Waals surface area contributed by atoms with Crippen molar-refractivity contribution in [2.45, 2.75) is 40.3 Å². The van der Waals surface area contributed by atoms with Gasteiger partial charge in [0.2, 0.25) is 0 Å². The topological polar surface area (TPSA) is 129 Å². The number of fused-ring (bicyclic) bond motifs is 1. The Kier molecular flexibility index (Phi) is 5.77. The van der Waals surface area contributed by atoms with Crippen molar-refractivity contribution in [3.8, 4) is 0 Å². The van der Waals surface area contributed by atoms with Crippen molar-refractivity contribution in [2.24, 2.45) is 5.41 Å². The second kappa shape index (κ2) is 8.32. The van der Waals surface area contributed by atoms with E-state index >= 15 is 0 Å². The third kappa shape index (κ3) is 4.07. The number of carboxylic acids is 1. The molecule has 0 radical (unpaired) electrons. The molecular weight excluding hydrogens is 462 g/mol. The van der Waals surface area contributed by atoms with E-state index in [0.717, 1.165) is 10.7 Å². The summed E-state index contributed by atoms with van der Waals surface area (Å²) in [5.74, 6) is -0.331. The second-order valence-corrected chi connectivity index (χ2v) is 9.84. The number of rotatable bonds is 7. The van der Waals surface area contributed by atoms with Crippen molar-refractivity contribution >= 4 is 40.5 Å². The third-order valence-corrected chi connectivity index (χ3v) is 6.16. The number of nitrogens with zero attached hydrogens (tertiary/aromatic N) is 1. The van der Waals surface area contributed by atoms with E-state index in [1.54, 1.807) is 6.07 Å². The third-order valence-electron chi connectivity index (χ3n) is 5.80. The number of amides is 1. The van der Waals surface area contributed by atoms with Gasteiger partial charge in [0, 0.05) is 17.1 Å². The molecular formula is C24H24ClN3O6. The molecule has 2 aromatic carbocycles. The molecule has 178 valence electrons. The van der Waals surface area contributed by atoms with E-state index in [1.807, 2.05) is 39.8 Å². The number of hydrogen-bond acceptors (Lipinski definition) is 7. The van der Waals surface area contributed by atoms with Crippen LogP contribution in [0.2, 0.25) is 5.02 Å². The van der Waals surface area contributed by atoms with E-state index in [1.165, 1.54) is 6.07 Å². The van der Waals surface area contributed by atoms with E-state index < -0.39 is 35.3 Å². The van der Waals surface area contributed by atoms with Gasteiger partial charge in [-0.25, -0.2) is 0 Å². The minimum atomic E-state index is -1.15. The maximum absolute atomic E-state index is 12.9. The molecule has 1 atom stereocenters. The van der Waals surface area contributed by atoms with Gasteiger partial charge in [0.15, 0.2) is 0 Å². The molecule has 0 bridgehead atoms. The number of hydrogen-bond donors (Lipinski definition) is 3. The van der Waals surface area contributed by atoms with Crippen LogP contribution in [-0.2, 0) is 11.3 Å². The smallest absolute Gasteiger partial charge is 0.323 e. The molecule has 2 heterocycles. The molecule has 4 rings (SSSR count). The van der Waals surface area contributed by atoms with Crippen molar-refractivity contribution in [1.82, 2.24) is 4.90 Å². The molecule has 1 aromatic heterocycles. The summed E-state index contributed by atoms with van der Waals surface area (Å²) in [6.07, 6.45) is 0. The van der Waals surface area contributed by atoms with E-state index in [4.69, 9.17) is 21.1 Å². The minimum Gasteiger partial charge on any atom is -0.480 e. The van der Waals surface area contributed by atoms with Crippen LogP contribution in [0.25, 0.3) is 0 Å². The van der Waals surface area contributed by atoms with Crippen LogP contribution in [0.1, 0.15) is 54.3 Å². The van der Waals surface area contributed by atoms with Crippen molar-refractivity contribution in [3.63, 3.8) is 0 Å². The van der Waals surface area contributed by atoms with Crippen LogP contribution in [0.15, 0.2) is 38.3 Å². The van der Waals surface area contributed by atoms with Gasteiger partial charge < -0.3 is 25.1 Å². The first-order chi connectivity index (χ1) is 15.9. The minimum absolute atomic E-state index is 0.0246. The lowest BCUT2D eigenvalue weighted by atomic mass is 9.85. The maximum Gasteiger partial charge on any atom is 0.323 e. The quantitative estimate of drug-likeness (QED) is 0.431. The Morgan fingerprint density at radius 1 is 1.15 bits per heavy atom. The molecule has 34 heavy (non-hydrogen) atoms. The highest BCUT2D eigenvalue weighted by Crippen LogP contribution is 2.39. The number of carboxylic acid groups (broad SMARTS) is 1. The first-order valence-corrected chi connectivity index (χ1v) is 11.0. The summed E-state index contributed by atoms with van der Waals surface area (Å²) in [6.45, 7) is 7.30. The fraction of sp³-hybridized carbons (Fsp3) is 0.333. The zero-order valence-electron chi connectivity index (χ0n) is 19.1. The lowest BCUT2D eigenvalue weighted by molar-refractivity contribution is -0.137. The van der Waals surface area contributed by atoms with Crippen LogP contribution in [0, 0.1) is 12.3 Å². The largest absolute Gasteiger partial charge is 0.480 e. The highest BCUT2D eigenvalue weighted by atomic mass is 35.5. The standard InChI is InChI=1S/C24H24ClN3O6/c1-11-5-8-15(34-11)22(24(2,3)4)27-19-18(20(31)21(19)32)26-14-7-6-13(25)12-9-28(10-16(29)30)23(33)17(12)14/h5-8,22,26-27H,9-10H2,1-4H3,(H,29,30)/t22-/m0/s1. The lowest BCUT2D eigenvalue weighted by Crippen LogP contribution is -2.39. The second-order valence-electron chi connectivity index (χ2n) is 9.43. The zero-order chi connectivity index (χ0) is 24.9. The number of carbonyl (C=O) groups is 2. The van der Waals surface area contributed by atoms with Crippen LogP contribution in [0.4, 0.5) is 17.1 Å². The normalized spacial score (nSPS) is 14.4. The van der Waals surface area contributed by atoms with Gasteiger partial charge in [-0.3, -0.25) is 19.2 Å². The monoisotopic (exact) mass is 485 g/mol. The molecule has 1 amide bonds. The SMILES string of the molecule is Cc1ccc([C@H](Nc2c(Nc3ccc(Cl)c4c3C(=O)N(CC(=O)O)C4)c(=O)c2=O)C(C)(C)C)o1.